The van der Waals surface area contributed by atoms with Gasteiger partial charge in [-0.15, -0.1) is 0 Å². The van der Waals surface area contributed by atoms with Gasteiger partial charge in [0.05, 0.1) is 6.61 Å². The van der Waals surface area contributed by atoms with Gasteiger partial charge in [0.2, 0.25) is 0 Å². The summed E-state index contributed by atoms with van der Waals surface area (Å²) in [6.45, 7) is 0.618. The number of aromatic nitrogens is 1. The van der Waals surface area contributed by atoms with Gasteiger partial charge < -0.3 is 10.1 Å². The van der Waals surface area contributed by atoms with E-state index in [1.807, 2.05) is 42.5 Å². The predicted molar refractivity (Wildman–Crippen MR) is 94.3 cm³/mol. The van der Waals surface area contributed by atoms with E-state index in [1.54, 1.807) is 24.5 Å². The van der Waals surface area contributed by atoms with Crippen LogP contribution < -0.4 is 10.1 Å². The molecule has 0 bridgehead atoms. The van der Waals surface area contributed by atoms with Gasteiger partial charge in [-0.25, -0.2) is 0 Å². The number of benzene rings is 2. The summed E-state index contributed by atoms with van der Waals surface area (Å²) >= 11 is 0. The average molecular weight is 318 g/mol. The van der Waals surface area contributed by atoms with Gasteiger partial charge in [-0.3, -0.25) is 9.78 Å². The van der Waals surface area contributed by atoms with E-state index in [1.165, 1.54) is 5.56 Å². The third-order valence-corrected chi connectivity index (χ3v) is 3.56. The Morgan fingerprint density at radius 3 is 2.33 bits per heavy atom. The van der Waals surface area contributed by atoms with Crippen molar-refractivity contribution in [2.45, 2.75) is 6.42 Å². The number of nitrogens with zero attached hydrogens (tertiary/aromatic N) is 1. The van der Waals surface area contributed by atoms with Gasteiger partial charge in [0, 0.05) is 30.1 Å². The van der Waals surface area contributed by atoms with Gasteiger partial charge in [-0.05, 0) is 42.0 Å². The van der Waals surface area contributed by atoms with Crippen LogP contribution >= 0.6 is 0 Å². The first kappa shape index (κ1) is 15.7. The standard InChI is InChI=1S/C20H18N2O2/c23-20(17-10-13-21-14-11-17)22-18-6-8-19(9-7-18)24-15-12-16-4-2-1-3-5-16/h1-11,13-14H,12,15H2,(H,22,23). The van der Waals surface area contributed by atoms with E-state index in [4.69, 9.17) is 4.74 Å². The van der Waals surface area contributed by atoms with Crippen molar-refractivity contribution in [3.8, 4) is 5.75 Å². The van der Waals surface area contributed by atoms with Crippen molar-refractivity contribution >= 4 is 11.6 Å². The topological polar surface area (TPSA) is 51.2 Å². The third kappa shape index (κ3) is 4.43. The van der Waals surface area contributed by atoms with Crippen molar-refractivity contribution in [2.75, 3.05) is 11.9 Å². The Bertz CT molecular complexity index is 772. The van der Waals surface area contributed by atoms with Crippen molar-refractivity contribution in [3.05, 3.63) is 90.3 Å². The van der Waals surface area contributed by atoms with Gasteiger partial charge in [-0.2, -0.15) is 0 Å². The van der Waals surface area contributed by atoms with Crippen LogP contribution in [0.2, 0.25) is 0 Å². The molecule has 24 heavy (non-hydrogen) atoms. The van der Waals surface area contributed by atoms with E-state index in [9.17, 15) is 4.79 Å². The fourth-order valence-electron chi connectivity index (χ4n) is 2.27. The van der Waals surface area contributed by atoms with E-state index < -0.39 is 0 Å². The second-order valence-corrected chi connectivity index (χ2v) is 5.30. The van der Waals surface area contributed by atoms with Gasteiger partial charge in [0.15, 0.2) is 0 Å². The molecule has 0 saturated heterocycles. The lowest BCUT2D eigenvalue weighted by Gasteiger charge is -2.08. The second kappa shape index (κ2) is 7.92. The van der Waals surface area contributed by atoms with Crippen molar-refractivity contribution < 1.29 is 9.53 Å². The molecule has 1 heterocycles. The Hall–Kier alpha value is -3.14. The fraction of sp³-hybridized carbons (Fsp3) is 0.100. The van der Waals surface area contributed by atoms with E-state index in [0.29, 0.717) is 12.2 Å². The van der Waals surface area contributed by atoms with Crippen LogP contribution in [-0.2, 0) is 6.42 Å². The lowest BCUT2D eigenvalue weighted by atomic mass is 10.2. The lowest BCUT2D eigenvalue weighted by molar-refractivity contribution is 0.102. The number of amides is 1. The van der Waals surface area contributed by atoms with Crippen LogP contribution in [0.3, 0.4) is 0 Å². The second-order valence-electron chi connectivity index (χ2n) is 5.30. The van der Waals surface area contributed by atoms with Gasteiger partial charge in [0.25, 0.3) is 5.91 Å². The Balaban J connectivity index is 1.51. The number of nitrogens with one attached hydrogen (secondary N) is 1. The average Bonchev–Trinajstić information content (AvgIpc) is 2.65. The molecule has 0 spiro atoms. The van der Waals surface area contributed by atoms with E-state index >= 15 is 0 Å². The Morgan fingerprint density at radius 2 is 1.62 bits per heavy atom. The Labute approximate surface area is 141 Å². The molecule has 1 aromatic heterocycles. The van der Waals surface area contributed by atoms with E-state index in [-0.39, 0.29) is 5.91 Å². The van der Waals surface area contributed by atoms with Crippen LogP contribution in [0.1, 0.15) is 15.9 Å². The van der Waals surface area contributed by atoms with Crippen LogP contribution in [0.5, 0.6) is 5.75 Å². The molecular weight excluding hydrogens is 300 g/mol. The molecule has 3 rings (SSSR count). The number of carbonyl (C=O) groups is 1. The first-order chi connectivity index (χ1) is 11.8. The van der Waals surface area contributed by atoms with Crippen LogP contribution in [0.25, 0.3) is 0 Å². The minimum atomic E-state index is -0.157. The molecule has 0 aliphatic heterocycles. The number of ether oxygens (including phenoxy) is 1. The molecule has 0 atom stereocenters. The molecule has 0 aliphatic carbocycles. The molecule has 0 saturated carbocycles. The van der Waals surface area contributed by atoms with Gasteiger partial charge in [0.1, 0.15) is 5.75 Å². The van der Waals surface area contributed by atoms with Crippen molar-refractivity contribution in [3.63, 3.8) is 0 Å². The van der Waals surface area contributed by atoms with Gasteiger partial charge >= 0.3 is 0 Å². The zero-order valence-corrected chi connectivity index (χ0v) is 13.2. The molecule has 4 heteroatoms. The molecule has 1 amide bonds. The summed E-state index contributed by atoms with van der Waals surface area (Å²) in [6.07, 6.45) is 4.05. The Morgan fingerprint density at radius 1 is 0.917 bits per heavy atom. The molecule has 0 fully saturated rings. The molecule has 120 valence electrons. The summed E-state index contributed by atoms with van der Waals surface area (Å²) in [5.74, 6) is 0.628. The first-order valence-electron chi connectivity index (χ1n) is 7.79. The van der Waals surface area contributed by atoms with Crippen molar-refractivity contribution in [1.82, 2.24) is 4.98 Å². The highest BCUT2D eigenvalue weighted by atomic mass is 16.5. The summed E-state index contributed by atoms with van der Waals surface area (Å²) in [5.41, 5.74) is 2.55. The number of rotatable bonds is 6. The van der Waals surface area contributed by atoms with Crippen LogP contribution in [-0.4, -0.2) is 17.5 Å². The van der Waals surface area contributed by atoms with E-state index in [2.05, 4.69) is 22.4 Å². The molecule has 0 aliphatic rings. The normalized spacial score (nSPS) is 10.2. The van der Waals surface area contributed by atoms with Crippen molar-refractivity contribution in [1.29, 1.82) is 0 Å². The smallest absolute Gasteiger partial charge is 0.255 e. The van der Waals surface area contributed by atoms with Crippen LogP contribution in [0.15, 0.2) is 79.1 Å². The molecule has 1 N–H and O–H groups in total. The number of pyridine rings is 1. The predicted octanol–water partition coefficient (Wildman–Crippen LogP) is 3.96. The van der Waals surface area contributed by atoms with E-state index in [0.717, 1.165) is 17.9 Å². The third-order valence-electron chi connectivity index (χ3n) is 3.56. The largest absolute Gasteiger partial charge is 0.493 e. The molecular formula is C20H18N2O2. The zero-order chi connectivity index (χ0) is 16.6. The maximum Gasteiger partial charge on any atom is 0.255 e. The van der Waals surface area contributed by atoms with Gasteiger partial charge in [-0.1, -0.05) is 30.3 Å². The summed E-state index contributed by atoms with van der Waals surface area (Å²) in [7, 11) is 0. The first-order valence-corrected chi connectivity index (χ1v) is 7.79. The van der Waals surface area contributed by atoms with Crippen molar-refractivity contribution in [2.24, 2.45) is 0 Å². The lowest BCUT2D eigenvalue weighted by Crippen LogP contribution is -2.11. The highest BCUT2D eigenvalue weighted by molar-refractivity contribution is 6.04. The fourth-order valence-corrected chi connectivity index (χ4v) is 2.27. The maximum atomic E-state index is 12.1. The molecule has 0 radical (unpaired) electrons. The Kier molecular flexibility index (Phi) is 5.20. The maximum absolute atomic E-state index is 12.1. The number of hydrogen-bond donors (Lipinski definition) is 1. The summed E-state index contributed by atoms with van der Waals surface area (Å²) in [5, 5.41) is 2.85. The minimum Gasteiger partial charge on any atom is -0.493 e. The minimum absolute atomic E-state index is 0.157. The zero-order valence-electron chi connectivity index (χ0n) is 13.2. The summed E-state index contributed by atoms with van der Waals surface area (Å²) in [6, 6.07) is 20.9. The number of hydrogen-bond acceptors (Lipinski definition) is 3. The number of carbonyl (C=O) groups excluding carboxylic acids is 1. The molecule has 2 aromatic carbocycles. The molecule has 4 nitrogen and oxygen atoms in total. The highest BCUT2D eigenvalue weighted by Crippen LogP contribution is 2.17. The summed E-state index contributed by atoms with van der Waals surface area (Å²) < 4.78 is 5.73. The summed E-state index contributed by atoms with van der Waals surface area (Å²) in [4.78, 5) is 16.0. The highest BCUT2D eigenvalue weighted by Gasteiger charge is 2.05. The monoisotopic (exact) mass is 318 g/mol. The van der Waals surface area contributed by atoms with Crippen LogP contribution in [0.4, 0.5) is 5.69 Å². The quantitative estimate of drug-likeness (QED) is 0.748. The SMILES string of the molecule is O=C(Nc1ccc(OCCc2ccccc2)cc1)c1ccncc1. The number of anilines is 1. The van der Waals surface area contributed by atoms with Crippen LogP contribution in [0, 0.1) is 0 Å². The molecule has 0 unspecified atom stereocenters. The molecule has 3 aromatic rings.